The van der Waals surface area contributed by atoms with Crippen LogP contribution in [0.3, 0.4) is 0 Å². The van der Waals surface area contributed by atoms with E-state index in [0.717, 1.165) is 7.14 Å². The number of halogens is 3. The molecule has 0 bridgehead atoms. The number of rotatable bonds is 6. The molecule has 30 heavy (non-hydrogen) atoms. The van der Waals surface area contributed by atoms with Crippen molar-refractivity contribution in [2.75, 3.05) is 6.54 Å². The zero-order chi connectivity index (χ0) is 21.8. The molecule has 1 aliphatic heterocycles. The van der Waals surface area contributed by atoms with Gasteiger partial charge in [-0.25, -0.2) is 4.39 Å². The standard InChI is InChI=1S/C21H15FI2N2O3S/c1-2-7-26-20(28)14(19(27)25-21(26)30)8-12-9-16(23)18(17(24)10-12)29-11-13-5-3-4-6-15(13)22/h2-6,8-10H,1,7,11H2,(H,25,27,30)/b14-8+. The summed E-state index contributed by atoms with van der Waals surface area (Å²) in [5.41, 5.74) is 1.10. The Bertz CT molecular complexity index is 1060. The minimum atomic E-state index is -0.546. The summed E-state index contributed by atoms with van der Waals surface area (Å²) in [5.74, 6) is -0.744. The number of nitrogens with zero attached hydrogens (tertiary/aromatic N) is 1. The van der Waals surface area contributed by atoms with Gasteiger partial charge in [0.25, 0.3) is 11.8 Å². The van der Waals surface area contributed by atoms with E-state index in [1.165, 1.54) is 23.1 Å². The predicted octanol–water partition coefficient (Wildman–Crippen LogP) is 4.43. The van der Waals surface area contributed by atoms with Gasteiger partial charge in [-0.3, -0.25) is 19.8 Å². The van der Waals surface area contributed by atoms with Crippen LogP contribution in [0.25, 0.3) is 6.08 Å². The molecule has 0 aliphatic carbocycles. The summed E-state index contributed by atoms with van der Waals surface area (Å²) in [6, 6.07) is 10.0. The Kier molecular flexibility index (Phi) is 7.58. The number of thiocarbonyl (C=S) groups is 1. The highest BCUT2D eigenvalue weighted by Crippen LogP contribution is 2.31. The minimum Gasteiger partial charge on any atom is -0.487 e. The SMILES string of the molecule is C=CCN1C(=O)/C(=C/c2cc(I)c(OCc3ccccc3F)c(I)c2)C(=O)NC1=S. The normalized spacial score (nSPS) is 15.4. The van der Waals surface area contributed by atoms with Gasteiger partial charge in [-0.05, 0) is 87.2 Å². The van der Waals surface area contributed by atoms with E-state index < -0.39 is 11.8 Å². The lowest BCUT2D eigenvalue weighted by Gasteiger charge is -2.27. The smallest absolute Gasteiger partial charge is 0.265 e. The summed E-state index contributed by atoms with van der Waals surface area (Å²) in [4.78, 5) is 26.2. The van der Waals surface area contributed by atoms with Gasteiger partial charge in [0.1, 0.15) is 23.7 Å². The molecule has 0 atom stereocenters. The van der Waals surface area contributed by atoms with Crippen LogP contribution in [-0.4, -0.2) is 28.4 Å². The fourth-order valence-corrected chi connectivity index (χ4v) is 5.10. The van der Waals surface area contributed by atoms with E-state index >= 15 is 0 Å². The minimum absolute atomic E-state index is 0.0166. The first-order chi connectivity index (χ1) is 14.3. The highest BCUT2D eigenvalue weighted by atomic mass is 127. The molecule has 1 N–H and O–H groups in total. The zero-order valence-corrected chi connectivity index (χ0v) is 20.6. The second-order valence-corrected chi connectivity index (χ2v) is 8.93. The van der Waals surface area contributed by atoms with Crippen LogP contribution in [-0.2, 0) is 16.2 Å². The van der Waals surface area contributed by atoms with Crippen LogP contribution in [0.1, 0.15) is 11.1 Å². The Morgan fingerprint density at radius 2 is 1.87 bits per heavy atom. The Morgan fingerprint density at radius 1 is 1.20 bits per heavy atom. The maximum atomic E-state index is 13.8. The molecule has 2 aromatic carbocycles. The van der Waals surface area contributed by atoms with Crippen molar-refractivity contribution in [3.63, 3.8) is 0 Å². The average Bonchev–Trinajstić information content (AvgIpc) is 2.69. The van der Waals surface area contributed by atoms with Gasteiger partial charge in [0.05, 0.1) is 7.14 Å². The van der Waals surface area contributed by atoms with Crippen LogP contribution in [0.4, 0.5) is 4.39 Å². The summed E-state index contributed by atoms with van der Waals surface area (Å²) >= 11 is 9.27. The average molecular weight is 648 g/mol. The number of nitrogens with one attached hydrogen (secondary N) is 1. The molecular weight excluding hydrogens is 633 g/mol. The zero-order valence-electron chi connectivity index (χ0n) is 15.5. The van der Waals surface area contributed by atoms with Gasteiger partial charge in [0.2, 0.25) is 0 Å². The fourth-order valence-electron chi connectivity index (χ4n) is 2.72. The van der Waals surface area contributed by atoms with Crippen LogP contribution < -0.4 is 10.1 Å². The lowest BCUT2D eigenvalue weighted by Crippen LogP contribution is -2.53. The van der Waals surface area contributed by atoms with E-state index in [9.17, 15) is 14.0 Å². The van der Waals surface area contributed by atoms with Crippen molar-refractivity contribution < 1.29 is 18.7 Å². The first-order valence-electron chi connectivity index (χ1n) is 8.67. The molecule has 1 saturated heterocycles. The van der Waals surface area contributed by atoms with Crippen molar-refractivity contribution in [2.24, 2.45) is 0 Å². The molecule has 1 aliphatic rings. The van der Waals surface area contributed by atoms with E-state index in [1.54, 1.807) is 30.3 Å². The molecule has 3 rings (SSSR count). The van der Waals surface area contributed by atoms with E-state index in [1.807, 2.05) is 0 Å². The van der Waals surface area contributed by atoms with Crippen LogP contribution in [0.2, 0.25) is 0 Å². The van der Waals surface area contributed by atoms with Crippen molar-refractivity contribution in [3.8, 4) is 5.75 Å². The van der Waals surface area contributed by atoms with Gasteiger partial charge >= 0.3 is 0 Å². The largest absolute Gasteiger partial charge is 0.487 e. The van der Waals surface area contributed by atoms with Crippen LogP contribution in [0.5, 0.6) is 5.75 Å². The third-order valence-corrected chi connectivity index (χ3v) is 6.08. The van der Waals surface area contributed by atoms with Crippen LogP contribution in [0.15, 0.2) is 54.6 Å². The molecule has 1 fully saturated rings. The van der Waals surface area contributed by atoms with Crippen LogP contribution >= 0.6 is 57.4 Å². The monoisotopic (exact) mass is 648 g/mol. The van der Waals surface area contributed by atoms with Gasteiger partial charge < -0.3 is 4.74 Å². The summed E-state index contributed by atoms with van der Waals surface area (Å²) in [6.45, 7) is 3.90. The number of carbonyl (C=O) groups excluding carboxylic acids is 2. The quantitative estimate of drug-likeness (QED) is 0.166. The Balaban J connectivity index is 1.86. The molecular formula is C21H15FI2N2O3S. The molecule has 1 heterocycles. The molecule has 2 amide bonds. The second-order valence-electron chi connectivity index (χ2n) is 6.22. The van der Waals surface area contributed by atoms with Crippen molar-refractivity contribution >= 4 is 80.4 Å². The second kappa shape index (κ2) is 9.96. The van der Waals surface area contributed by atoms with Crippen molar-refractivity contribution in [2.45, 2.75) is 6.61 Å². The first-order valence-corrected chi connectivity index (χ1v) is 11.2. The molecule has 2 aromatic rings. The number of benzene rings is 2. The molecule has 0 aromatic heterocycles. The molecule has 5 nitrogen and oxygen atoms in total. The van der Waals surface area contributed by atoms with Gasteiger partial charge in [-0.1, -0.05) is 24.3 Å². The van der Waals surface area contributed by atoms with Gasteiger partial charge in [-0.2, -0.15) is 0 Å². The Hall–Kier alpha value is -1.86. The maximum absolute atomic E-state index is 13.8. The van der Waals surface area contributed by atoms with Gasteiger partial charge in [0.15, 0.2) is 5.11 Å². The summed E-state index contributed by atoms with van der Waals surface area (Å²) in [5, 5.41) is 2.58. The first kappa shape index (κ1) is 22.8. The highest BCUT2D eigenvalue weighted by molar-refractivity contribution is 14.1. The number of amides is 2. The van der Waals surface area contributed by atoms with Gasteiger partial charge in [0, 0.05) is 12.1 Å². The number of hydrogen-bond acceptors (Lipinski definition) is 4. The van der Waals surface area contributed by atoms with E-state index in [-0.39, 0.29) is 29.7 Å². The maximum Gasteiger partial charge on any atom is 0.265 e. The van der Waals surface area contributed by atoms with Crippen molar-refractivity contribution in [3.05, 3.63) is 78.7 Å². The molecule has 0 radical (unpaired) electrons. The molecule has 0 spiro atoms. The number of carbonyl (C=O) groups is 2. The lowest BCUT2D eigenvalue weighted by molar-refractivity contribution is -0.128. The molecule has 0 saturated carbocycles. The third-order valence-electron chi connectivity index (χ3n) is 4.16. The molecule has 0 unspecified atom stereocenters. The summed E-state index contributed by atoms with van der Waals surface area (Å²) in [6.07, 6.45) is 3.05. The highest BCUT2D eigenvalue weighted by Gasteiger charge is 2.32. The van der Waals surface area contributed by atoms with Crippen molar-refractivity contribution in [1.82, 2.24) is 10.2 Å². The Labute approximate surface area is 205 Å². The third kappa shape index (κ3) is 5.06. The van der Waals surface area contributed by atoms with Gasteiger partial charge in [-0.15, -0.1) is 6.58 Å². The predicted molar refractivity (Wildman–Crippen MR) is 133 cm³/mol. The van der Waals surface area contributed by atoms with E-state index in [4.69, 9.17) is 17.0 Å². The fraction of sp³-hybridized carbons (Fsp3) is 0.0952. The topological polar surface area (TPSA) is 58.6 Å². The molecule has 9 heteroatoms. The van der Waals surface area contributed by atoms with Crippen molar-refractivity contribution in [1.29, 1.82) is 0 Å². The Morgan fingerprint density at radius 3 is 2.50 bits per heavy atom. The number of hydrogen-bond donors (Lipinski definition) is 1. The number of ether oxygens (including phenoxy) is 1. The van der Waals surface area contributed by atoms with E-state index in [0.29, 0.717) is 16.9 Å². The summed E-state index contributed by atoms with van der Waals surface area (Å²) in [7, 11) is 0. The lowest BCUT2D eigenvalue weighted by atomic mass is 10.1. The van der Waals surface area contributed by atoms with E-state index in [2.05, 4.69) is 57.1 Å². The van der Waals surface area contributed by atoms with Crippen LogP contribution in [0, 0.1) is 13.0 Å². The molecule has 154 valence electrons. The summed E-state index contributed by atoms with van der Waals surface area (Å²) < 4.78 is 21.2.